The van der Waals surface area contributed by atoms with E-state index in [0.29, 0.717) is 5.56 Å². The molecule has 0 amide bonds. The molecular formula is C17H18N2O. The smallest absolute Gasteiger partial charge is 0.127 e. The molecule has 0 aliphatic carbocycles. The highest BCUT2D eigenvalue weighted by atomic mass is 16.5. The van der Waals surface area contributed by atoms with Gasteiger partial charge in [-0.3, -0.25) is 0 Å². The number of rotatable bonds is 6. The maximum absolute atomic E-state index is 8.74. The highest BCUT2D eigenvalue weighted by Crippen LogP contribution is 2.22. The standard InChI is InChI=1S/C17H18N2O/c1-19-12-2-3-14-4-8-16(9-5-14)20-17-10-6-15(13-18)7-11-17/h4-11,19H,2-3,12H2,1H3. The lowest BCUT2D eigenvalue weighted by molar-refractivity contribution is 0.482. The van der Waals surface area contributed by atoms with Crippen molar-refractivity contribution in [2.75, 3.05) is 13.6 Å². The summed E-state index contributed by atoms with van der Waals surface area (Å²) in [5.74, 6) is 1.55. The topological polar surface area (TPSA) is 45.0 Å². The molecule has 0 saturated carbocycles. The van der Waals surface area contributed by atoms with E-state index in [1.807, 2.05) is 19.2 Å². The van der Waals surface area contributed by atoms with E-state index >= 15 is 0 Å². The molecule has 3 heteroatoms. The van der Waals surface area contributed by atoms with Crippen LogP contribution in [0.2, 0.25) is 0 Å². The number of nitrogens with zero attached hydrogens (tertiary/aromatic N) is 1. The van der Waals surface area contributed by atoms with E-state index in [4.69, 9.17) is 10.00 Å². The van der Waals surface area contributed by atoms with Gasteiger partial charge in [0.25, 0.3) is 0 Å². The van der Waals surface area contributed by atoms with Gasteiger partial charge in [-0.05, 0) is 68.4 Å². The van der Waals surface area contributed by atoms with E-state index < -0.39 is 0 Å². The summed E-state index contributed by atoms with van der Waals surface area (Å²) in [7, 11) is 1.97. The van der Waals surface area contributed by atoms with E-state index in [1.165, 1.54) is 5.56 Å². The number of nitriles is 1. The van der Waals surface area contributed by atoms with Crippen LogP contribution in [0.1, 0.15) is 17.5 Å². The molecule has 1 N–H and O–H groups in total. The summed E-state index contributed by atoms with van der Waals surface area (Å²) < 4.78 is 5.74. The summed E-state index contributed by atoms with van der Waals surface area (Å²) in [6, 6.07) is 17.3. The molecule has 3 nitrogen and oxygen atoms in total. The minimum Gasteiger partial charge on any atom is -0.457 e. The molecule has 0 radical (unpaired) electrons. The van der Waals surface area contributed by atoms with Gasteiger partial charge in [0.1, 0.15) is 11.5 Å². The molecule has 0 aliphatic rings. The molecule has 2 aromatic carbocycles. The van der Waals surface area contributed by atoms with Gasteiger partial charge in [0.2, 0.25) is 0 Å². The summed E-state index contributed by atoms with van der Waals surface area (Å²) in [4.78, 5) is 0. The first-order valence-corrected chi connectivity index (χ1v) is 6.73. The van der Waals surface area contributed by atoms with Gasteiger partial charge in [-0.1, -0.05) is 12.1 Å². The Hall–Kier alpha value is -2.31. The summed E-state index contributed by atoms with van der Waals surface area (Å²) in [5.41, 5.74) is 1.95. The van der Waals surface area contributed by atoms with Crippen LogP contribution in [0.25, 0.3) is 0 Å². The predicted molar refractivity (Wildman–Crippen MR) is 79.9 cm³/mol. The highest BCUT2D eigenvalue weighted by molar-refractivity contribution is 5.37. The molecule has 0 fully saturated rings. The van der Waals surface area contributed by atoms with Gasteiger partial charge < -0.3 is 10.1 Å². The van der Waals surface area contributed by atoms with Crippen molar-refractivity contribution >= 4 is 0 Å². The molecular weight excluding hydrogens is 248 g/mol. The van der Waals surface area contributed by atoms with Crippen molar-refractivity contribution in [2.24, 2.45) is 0 Å². The first-order chi connectivity index (χ1) is 9.81. The van der Waals surface area contributed by atoms with Gasteiger partial charge in [-0.15, -0.1) is 0 Å². The molecule has 0 aliphatic heterocycles. The van der Waals surface area contributed by atoms with E-state index in [-0.39, 0.29) is 0 Å². The van der Waals surface area contributed by atoms with Crippen molar-refractivity contribution in [3.05, 3.63) is 59.7 Å². The van der Waals surface area contributed by atoms with Crippen molar-refractivity contribution in [3.63, 3.8) is 0 Å². The SMILES string of the molecule is CNCCCc1ccc(Oc2ccc(C#N)cc2)cc1. The molecule has 20 heavy (non-hydrogen) atoms. The first kappa shape index (κ1) is 14.1. The van der Waals surface area contributed by atoms with Crippen LogP contribution in [0.5, 0.6) is 11.5 Å². The van der Waals surface area contributed by atoms with Crippen molar-refractivity contribution < 1.29 is 4.74 Å². The fourth-order valence-electron chi connectivity index (χ4n) is 1.93. The van der Waals surface area contributed by atoms with Crippen LogP contribution in [0.3, 0.4) is 0 Å². The van der Waals surface area contributed by atoms with Crippen molar-refractivity contribution in [2.45, 2.75) is 12.8 Å². The van der Waals surface area contributed by atoms with Crippen LogP contribution >= 0.6 is 0 Å². The molecule has 2 aromatic rings. The third kappa shape index (κ3) is 4.11. The minimum absolute atomic E-state index is 0.636. The van der Waals surface area contributed by atoms with Gasteiger partial charge >= 0.3 is 0 Å². The molecule has 0 unspecified atom stereocenters. The van der Waals surface area contributed by atoms with Crippen LogP contribution in [0.4, 0.5) is 0 Å². The lowest BCUT2D eigenvalue weighted by atomic mass is 10.1. The molecule has 0 aromatic heterocycles. The maximum Gasteiger partial charge on any atom is 0.127 e. The maximum atomic E-state index is 8.74. The lowest BCUT2D eigenvalue weighted by Gasteiger charge is -2.07. The number of hydrogen-bond donors (Lipinski definition) is 1. The Kier molecular flexibility index (Phi) is 5.16. The zero-order chi connectivity index (χ0) is 14.2. The van der Waals surface area contributed by atoms with Crippen molar-refractivity contribution in [1.82, 2.24) is 5.32 Å². The Morgan fingerprint density at radius 1 is 1.00 bits per heavy atom. The summed E-state index contributed by atoms with van der Waals surface area (Å²) in [5, 5.41) is 11.9. The summed E-state index contributed by atoms with van der Waals surface area (Å²) in [6.45, 7) is 1.03. The third-order valence-corrected chi connectivity index (χ3v) is 3.03. The number of nitrogens with one attached hydrogen (secondary N) is 1. The average Bonchev–Trinajstić information content (AvgIpc) is 2.50. The Labute approximate surface area is 119 Å². The van der Waals surface area contributed by atoms with Crippen LogP contribution in [0, 0.1) is 11.3 Å². The molecule has 0 spiro atoms. The second-order valence-corrected chi connectivity index (χ2v) is 4.59. The number of hydrogen-bond acceptors (Lipinski definition) is 3. The second kappa shape index (κ2) is 7.32. The third-order valence-electron chi connectivity index (χ3n) is 3.03. The fourth-order valence-corrected chi connectivity index (χ4v) is 1.93. The molecule has 0 bridgehead atoms. The second-order valence-electron chi connectivity index (χ2n) is 4.59. The van der Waals surface area contributed by atoms with Crippen LogP contribution in [-0.2, 0) is 6.42 Å². The van der Waals surface area contributed by atoms with Gasteiger partial charge in [-0.25, -0.2) is 0 Å². The Morgan fingerprint density at radius 2 is 1.60 bits per heavy atom. The predicted octanol–water partition coefficient (Wildman–Crippen LogP) is 3.50. The zero-order valence-corrected chi connectivity index (χ0v) is 11.6. The van der Waals surface area contributed by atoms with Gasteiger partial charge in [-0.2, -0.15) is 5.26 Å². The van der Waals surface area contributed by atoms with Crippen LogP contribution < -0.4 is 10.1 Å². The van der Waals surface area contributed by atoms with Crippen LogP contribution in [0.15, 0.2) is 48.5 Å². The molecule has 0 atom stereocenters. The quantitative estimate of drug-likeness (QED) is 0.814. The largest absolute Gasteiger partial charge is 0.457 e. The normalized spacial score (nSPS) is 10.0. The monoisotopic (exact) mass is 266 g/mol. The van der Waals surface area contributed by atoms with E-state index in [9.17, 15) is 0 Å². The zero-order valence-electron chi connectivity index (χ0n) is 11.6. The minimum atomic E-state index is 0.636. The summed E-state index contributed by atoms with van der Waals surface area (Å²) in [6.07, 6.45) is 2.20. The Morgan fingerprint density at radius 3 is 2.15 bits per heavy atom. The van der Waals surface area contributed by atoms with Crippen LogP contribution in [-0.4, -0.2) is 13.6 Å². The lowest BCUT2D eigenvalue weighted by Crippen LogP contribution is -2.08. The van der Waals surface area contributed by atoms with Gasteiger partial charge in [0.15, 0.2) is 0 Å². The Balaban J connectivity index is 1.94. The number of aryl methyl sites for hydroxylation is 1. The van der Waals surface area contributed by atoms with Crippen molar-refractivity contribution in [1.29, 1.82) is 5.26 Å². The highest BCUT2D eigenvalue weighted by Gasteiger charge is 1.99. The number of benzene rings is 2. The average molecular weight is 266 g/mol. The van der Waals surface area contributed by atoms with Gasteiger partial charge in [0.05, 0.1) is 11.6 Å². The molecule has 2 rings (SSSR count). The Bertz CT molecular complexity index is 567. The van der Waals surface area contributed by atoms with Crippen molar-refractivity contribution in [3.8, 4) is 17.6 Å². The summed E-state index contributed by atoms with van der Waals surface area (Å²) >= 11 is 0. The first-order valence-electron chi connectivity index (χ1n) is 6.73. The number of ether oxygens (including phenoxy) is 1. The molecule has 0 saturated heterocycles. The molecule has 0 heterocycles. The van der Waals surface area contributed by atoms with E-state index in [0.717, 1.165) is 30.9 Å². The van der Waals surface area contributed by atoms with E-state index in [1.54, 1.807) is 24.3 Å². The van der Waals surface area contributed by atoms with Gasteiger partial charge in [0, 0.05) is 0 Å². The molecule has 102 valence electrons. The fraction of sp³-hybridized carbons (Fsp3) is 0.235. The van der Waals surface area contributed by atoms with E-state index in [2.05, 4.69) is 23.5 Å².